The van der Waals surface area contributed by atoms with Crippen molar-refractivity contribution in [3.8, 4) is 17.2 Å². The van der Waals surface area contributed by atoms with E-state index < -0.39 is 0 Å². The Morgan fingerprint density at radius 3 is 2.93 bits per heavy atom. The molecule has 1 aromatic carbocycles. The number of nitrogens with zero attached hydrogens (tertiary/aromatic N) is 4. The predicted molar refractivity (Wildman–Crippen MR) is 102 cm³/mol. The Balaban J connectivity index is 1.65. The molecule has 5 rings (SSSR count). The number of aryl methyl sites for hydroxylation is 1. The molecule has 3 aromatic rings. The number of benzene rings is 1. The van der Waals surface area contributed by atoms with Gasteiger partial charge in [0.15, 0.2) is 5.78 Å². The van der Waals surface area contributed by atoms with Gasteiger partial charge in [-0.15, -0.1) is 0 Å². The SMILES string of the molecule is N#CC1CC=C(c2nccn3ncc(-c4ccc5c(c4)C(=O)CC5)c23)CC1. The van der Waals surface area contributed by atoms with Crippen LogP contribution in [-0.4, -0.2) is 20.4 Å². The van der Waals surface area contributed by atoms with E-state index in [9.17, 15) is 4.79 Å². The lowest BCUT2D eigenvalue weighted by Gasteiger charge is -2.17. The third-order valence-electron chi connectivity index (χ3n) is 5.67. The van der Waals surface area contributed by atoms with Gasteiger partial charge in [0.1, 0.15) is 0 Å². The minimum Gasteiger partial charge on any atom is -0.294 e. The first kappa shape index (κ1) is 16.0. The highest BCUT2D eigenvalue weighted by Crippen LogP contribution is 2.36. The summed E-state index contributed by atoms with van der Waals surface area (Å²) in [5.74, 6) is 0.319. The van der Waals surface area contributed by atoms with Crippen LogP contribution in [0.5, 0.6) is 0 Å². The molecule has 0 amide bonds. The molecule has 0 radical (unpaired) electrons. The molecule has 5 nitrogen and oxygen atoms in total. The monoisotopic (exact) mass is 354 g/mol. The van der Waals surface area contributed by atoms with E-state index in [2.05, 4.69) is 34.4 Å². The normalized spacial score (nSPS) is 19.0. The van der Waals surface area contributed by atoms with Crippen LogP contribution in [-0.2, 0) is 6.42 Å². The zero-order chi connectivity index (χ0) is 18.4. The lowest BCUT2D eigenvalue weighted by atomic mass is 9.88. The molecule has 1 atom stereocenters. The molecule has 132 valence electrons. The van der Waals surface area contributed by atoms with E-state index in [-0.39, 0.29) is 11.7 Å². The van der Waals surface area contributed by atoms with Crippen LogP contribution in [0, 0.1) is 17.2 Å². The minimum absolute atomic E-state index is 0.0978. The van der Waals surface area contributed by atoms with Gasteiger partial charge >= 0.3 is 0 Å². The lowest BCUT2D eigenvalue weighted by molar-refractivity contribution is 0.0994. The van der Waals surface area contributed by atoms with Crippen LogP contribution in [0.2, 0.25) is 0 Å². The number of rotatable bonds is 2. The average Bonchev–Trinajstić information content (AvgIpc) is 3.31. The summed E-state index contributed by atoms with van der Waals surface area (Å²) in [6.45, 7) is 0. The molecule has 0 bridgehead atoms. The van der Waals surface area contributed by atoms with E-state index in [1.807, 2.05) is 23.0 Å². The minimum atomic E-state index is 0.0978. The summed E-state index contributed by atoms with van der Waals surface area (Å²) in [5.41, 5.74) is 7.02. The van der Waals surface area contributed by atoms with Gasteiger partial charge in [-0.05, 0) is 48.4 Å². The summed E-state index contributed by atoms with van der Waals surface area (Å²) in [7, 11) is 0. The van der Waals surface area contributed by atoms with Crippen molar-refractivity contribution >= 4 is 16.9 Å². The molecular formula is C22H18N4O. The third-order valence-corrected chi connectivity index (χ3v) is 5.67. The summed E-state index contributed by atoms with van der Waals surface area (Å²) in [5, 5.41) is 13.6. The quantitative estimate of drug-likeness (QED) is 0.690. The second kappa shape index (κ2) is 6.17. The highest BCUT2D eigenvalue weighted by Gasteiger charge is 2.23. The fraction of sp³-hybridized carbons (Fsp3) is 0.273. The molecule has 2 aliphatic rings. The number of fused-ring (bicyclic) bond motifs is 2. The van der Waals surface area contributed by atoms with Crippen molar-refractivity contribution in [2.24, 2.45) is 5.92 Å². The Kier molecular flexibility index (Phi) is 3.64. The van der Waals surface area contributed by atoms with Crippen molar-refractivity contribution in [2.75, 3.05) is 0 Å². The number of Topliss-reactive ketones (excluding diaryl/α,β-unsaturated/α-hetero) is 1. The maximum Gasteiger partial charge on any atom is 0.163 e. The van der Waals surface area contributed by atoms with E-state index in [1.54, 1.807) is 6.20 Å². The number of carbonyl (C=O) groups excluding carboxylic acids is 1. The van der Waals surface area contributed by atoms with Crippen LogP contribution in [0.15, 0.2) is 42.9 Å². The van der Waals surface area contributed by atoms with Gasteiger partial charge in [0.25, 0.3) is 0 Å². The zero-order valence-electron chi connectivity index (χ0n) is 14.9. The highest BCUT2D eigenvalue weighted by molar-refractivity contribution is 6.02. The Bertz CT molecular complexity index is 1150. The van der Waals surface area contributed by atoms with E-state index in [1.165, 1.54) is 5.57 Å². The second-order valence-corrected chi connectivity index (χ2v) is 7.25. The number of hydrogen-bond acceptors (Lipinski definition) is 4. The first-order chi connectivity index (χ1) is 13.2. The Morgan fingerprint density at radius 2 is 2.11 bits per heavy atom. The van der Waals surface area contributed by atoms with E-state index >= 15 is 0 Å². The fourth-order valence-electron chi connectivity index (χ4n) is 4.16. The fourth-order valence-corrected chi connectivity index (χ4v) is 4.16. The average molecular weight is 354 g/mol. The summed E-state index contributed by atoms with van der Waals surface area (Å²) >= 11 is 0. The van der Waals surface area contributed by atoms with Gasteiger partial charge in [-0.1, -0.05) is 18.2 Å². The van der Waals surface area contributed by atoms with E-state index in [4.69, 9.17) is 5.26 Å². The Labute approximate surface area is 157 Å². The van der Waals surface area contributed by atoms with Gasteiger partial charge in [-0.3, -0.25) is 9.78 Å². The summed E-state index contributed by atoms with van der Waals surface area (Å²) < 4.78 is 1.85. The number of aromatic nitrogens is 3. The second-order valence-electron chi connectivity index (χ2n) is 7.25. The van der Waals surface area contributed by atoms with Crippen LogP contribution in [0.1, 0.15) is 47.3 Å². The smallest absolute Gasteiger partial charge is 0.163 e. The van der Waals surface area contributed by atoms with Crippen molar-refractivity contribution in [1.82, 2.24) is 14.6 Å². The molecule has 2 aromatic heterocycles. The first-order valence-electron chi connectivity index (χ1n) is 9.32. The van der Waals surface area contributed by atoms with Gasteiger partial charge in [0, 0.05) is 29.9 Å². The number of hydrogen-bond donors (Lipinski definition) is 0. The number of carbonyl (C=O) groups is 1. The van der Waals surface area contributed by atoms with Crippen molar-refractivity contribution in [1.29, 1.82) is 5.26 Å². The Morgan fingerprint density at radius 1 is 1.19 bits per heavy atom. The topological polar surface area (TPSA) is 71.1 Å². The molecule has 0 aliphatic heterocycles. The van der Waals surface area contributed by atoms with Crippen molar-refractivity contribution in [2.45, 2.75) is 32.1 Å². The van der Waals surface area contributed by atoms with Crippen LogP contribution >= 0.6 is 0 Å². The number of nitriles is 1. The van der Waals surface area contributed by atoms with Crippen molar-refractivity contribution in [3.63, 3.8) is 0 Å². The number of allylic oxidation sites excluding steroid dienone is 2. The van der Waals surface area contributed by atoms with Gasteiger partial charge in [-0.25, -0.2) is 4.52 Å². The van der Waals surface area contributed by atoms with Crippen LogP contribution in [0.4, 0.5) is 0 Å². The van der Waals surface area contributed by atoms with E-state index in [0.717, 1.165) is 59.1 Å². The maximum absolute atomic E-state index is 12.2. The first-order valence-corrected chi connectivity index (χ1v) is 9.32. The van der Waals surface area contributed by atoms with E-state index in [0.29, 0.717) is 6.42 Å². The van der Waals surface area contributed by atoms with Crippen LogP contribution in [0.25, 0.3) is 22.2 Å². The van der Waals surface area contributed by atoms with Gasteiger partial charge in [-0.2, -0.15) is 10.4 Å². The van der Waals surface area contributed by atoms with Crippen molar-refractivity contribution in [3.05, 3.63) is 59.7 Å². The Hall–Kier alpha value is -3.26. The van der Waals surface area contributed by atoms with Crippen LogP contribution in [0.3, 0.4) is 0 Å². The molecule has 5 heteroatoms. The molecule has 27 heavy (non-hydrogen) atoms. The van der Waals surface area contributed by atoms with Crippen molar-refractivity contribution < 1.29 is 4.79 Å². The molecule has 2 heterocycles. The lowest BCUT2D eigenvalue weighted by Crippen LogP contribution is -2.05. The summed E-state index contributed by atoms with van der Waals surface area (Å²) in [6, 6.07) is 8.50. The maximum atomic E-state index is 12.2. The standard InChI is InChI=1S/C22H18N4O/c23-12-14-1-3-16(4-2-14)21-22-19(13-25-26(22)10-9-24-21)17-6-5-15-7-8-20(27)18(15)11-17/h3,5-6,9-11,13-14H,1-2,4,7-8H2. The molecule has 1 unspecified atom stereocenters. The molecule has 0 N–H and O–H groups in total. The third kappa shape index (κ3) is 2.57. The molecule has 0 spiro atoms. The highest BCUT2D eigenvalue weighted by atomic mass is 16.1. The molecule has 2 aliphatic carbocycles. The van der Waals surface area contributed by atoms with Gasteiger partial charge in [0.2, 0.25) is 0 Å². The predicted octanol–water partition coefficient (Wildman–Crippen LogP) is 4.23. The van der Waals surface area contributed by atoms with Gasteiger partial charge in [0.05, 0.1) is 29.4 Å². The molecule has 0 fully saturated rings. The summed E-state index contributed by atoms with van der Waals surface area (Å²) in [6.07, 6.45) is 11.5. The van der Waals surface area contributed by atoms with Crippen LogP contribution < -0.4 is 0 Å². The largest absolute Gasteiger partial charge is 0.294 e. The zero-order valence-corrected chi connectivity index (χ0v) is 14.9. The molecular weight excluding hydrogens is 336 g/mol. The molecule has 0 saturated carbocycles. The summed E-state index contributed by atoms with van der Waals surface area (Å²) in [4.78, 5) is 16.8. The molecule has 0 saturated heterocycles. The number of ketones is 1. The van der Waals surface area contributed by atoms with Gasteiger partial charge < -0.3 is 0 Å².